The third-order valence-corrected chi connectivity index (χ3v) is 4.84. The Balaban J connectivity index is 2.02. The molecular weight excluding hydrogens is 356 g/mol. The Hall–Kier alpha value is -1.75. The van der Waals surface area contributed by atoms with Crippen LogP contribution >= 0.6 is 0 Å². The van der Waals surface area contributed by atoms with Gasteiger partial charge in [0, 0.05) is 0 Å². The van der Waals surface area contributed by atoms with E-state index in [1.807, 2.05) is 0 Å². The molecule has 0 saturated carbocycles. The van der Waals surface area contributed by atoms with E-state index < -0.39 is 5.97 Å². The van der Waals surface area contributed by atoms with Crippen molar-refractivity contribution in [3.63, 3.8) is 0 Å². The largest absolute Gasteiger partial charge is 0.493 e. The molecule has 0 amide bonds. The highest BCUT2D eigenvalue weighted by molar-refractivity contribution is 5.93. The topological polar surface area (TPSA) is 54.0 Å². The quantitative estimate of drug-likeness (QED) is 0.172. The van der Waals surface area contributed by atoms with Crippen LogP contribution in [0.1, 0.15) is 94.3 Å². The molecule has 0 heterocycles. The highest BCUT2D eigenvalue weighted by atomic mass is 17.2. The van der Waals surface area contributed by atoms with E-state index in [1.54, 1.807) is 18.2 Å². The van der Waals surface area contributed by atoms with Gasteiger partial charge < -0.3 is 9.47 Å². The second-order valence-electron chi connectivity index (χ2n) is 7.12. The van der Waals surface area contributed by atoms with Crippen molar-refractivity contribution in [1.82, 2.24) is 0 Å². The molecule has 0 spiro atoms. The van der Waals surface area contributed by atoms with E-state index in [-0.39, 0.29) is 5.56 Å². The number of benzene rings is 1. The Morgan fingerprint density at radius 3 is 1.89 bits per heavy atom. The molecule has 0 aromatic heterocycles. The Morgan fingerprint density at radius 1 is 0.786 bits per heavy atom. The zero-order valence-corrected chi connectivity index (χ0v) is 18.0. The Morgan fingerprint density at radius 2 is 1.36 bits per heavy atom. The van der Waals surface area contributed by atoms with Crippen molar-refractivity contribution < 1.29 is 24.0 Å². The summed E-state index contributed by atoms with van der Waals surface area (Å²) in [6, 6.07) is 5.06. The summed E-state index contributed by atoms with van der Waals surface area (Å²) in [4.78, 5) is 22.1. The number of para-hydroxylation sites is 1. The summed E-state index contributed by atoms with van der Waals surface area (Å²) in [5.41, 5.74) is 0.288. The summed E-state index contributed by atoms with van der Waals surface area (Å²) >= 11 is 0. The Labute approximate surface area is 170 Å². The fourth-order valence-corrected chi connectivity index (χ4v) is 3.19. The fourth-order valence-electron chi connectivity index (χ4n) is 3.19. The lowest BCUT2D eigenvalue weighted by Gasteiger charge is -2.11. The number of carbonyl (C=O) groups excluding carboxylic acids is 1. The first-order valence-electron chi connectivity index (χ1n) is 10.8. The van der Waals surface area contributed by atoms with Gasteiger partial charge in [0.05, 0.1) is 20.8 Å². The molecule has 0 bridgehead atoms. The molecule has 0 unspecified atom stereocenters. The minimum atomic E-state index is -0.574. The van der Waals surface area contributed by atoms with Crippen molar-refractivity contribution in [2.45, 2.75) is 84.0 Å². The SMILES string of the molecule is CCCCCCCCCCCCCCOOC(=O)c1cccc(OC)c1OC. The van der Waals surface area contributed by atoms with E-state index in [0.717, 1.165) is 12.8 Å². The molecule has 5 nitrogen and oxygen atoms in total. The molecule has 160 valence electrons. The van der Waals surface area contributed by atoms with Crippen LogP contribution in [0.15, 0.2) is 18.2 Å². The van der Waals surface area contributed by atoms with Gasteiger partial charge in [0.1, 0.15) is 5.56 Å². The number of carbonyl (C=O) groups is 1. The number of ether oxygens (including phenoxy) is 2. The fraction of sp³-hybridized carbons (Fsp3) is 0.696. The van der Waals surface area contributed by atoms with Crippen LogP contribution in [0.4, 0.5) is 0 Å². The predicted molar refractivity (Wildman–Crippen MR) is 112 cm³/mol. The normalized spacial score (nSPS) is 10.7. The third kappa shape index (κ3) is 9.98. The lowest BCUT2D eigenvalue weighted by molar-refractivity contribution is -0.241. The summed E-state index contributed by atoms with van der Waals surface area (Å²) in [5, 5.41) is 0. The van der Waals surface area contributed by atoms with Gasteiger partial charge in [-0.25, -0.2) is 4.79 Å². The summed E-state index contributed by atoms with van der Waals surface area (Å²) in [6.07, 6.45) is 15.4. The average molecular weight is 395 g/mol. The zero-order valence-electron chi connectivity index (χ0n) is 18.0. The van der Waals surface area contributed by atoms with Crippen molar-refractivity contribution in [3.05, 3.63) is 23.8 Å². The lowest BCUT2D eigenvalue weighted by Crippen LogP contribution is -2.09. The van der Waals surface area contributed by atoms with Gasteiger partial charge in [-0.2, -0.15) is 4.89 Å². The molecule has 1 aromatic rings. The van der Waals surface area contributed by atoms with E-state index in [1.165, 1.54) is 78.4 Å². The lowest BCUT2D eigenvalue weighted by atomic mass is 10.1. The van der Waals surface area contributed by atoms with E-state index in [0.29, 0.717) is 18.1 Å². The molecule has 0 aliphatic carbocycles. The molecule has 0 atom stereocenters. The summed E-state index contributed by atoms with van der Waals surface area (Å²) < 4.78 is 10.4. The average Bonchev–Trinajstić information content (AvgIpc) is 2.73. The summed E-state index contributed by atoms with van der Waals surface area (Å²) in [5.74, 6) is 0.261. The molecular formula is C23H38O5. The first-order chi connectivity index (χ1) is 13.7. The van der Waals surface area contributed by atoms with Crippen LogP contribution in [0, 0.1) is 0 Å². The van der Waals surface area contributed by atoms with Gasteiger partial charge in [-0.15, -0.1) is 0 Å². The van der Waals surface area contributed by atoms with Crippen LogP contribution in [0.3, 0.4) is 0 Å². The predicted octanol–water partition coefficient (Wildman–Crippen LogP) is 6.49. The second kappa shape index (κ2) is 16.2. The number of hydrogen-bond acceptors (Lipinski definition) is 5. The molecule has 1 aromatic carbocycles. The number of methoxy groups -OCH3 is 2. The molecule has 0 saturated heterocycles. The highest BCUT2D eigenvalue weighted by Crippen LogP contribution is 2.31. The molecule has 0 fully saturated rings. The van der Waals surface area contributed by atoms with Gasteiger partial charge in [-0.05, 0) is 18.6 Å². The minimum absolute atomic E-state index is 0.288. The van der Waals surface area contributed by atoms with Crippen molar-refractivity contribution in [1.29, 1.82) is 0 Å². The molecule has 1 rings (SSSR count). The van der Waals surface area contributed by atoms with Gasteiger partial charge in [-0.3, -0.25) is 4.89 Å². The van der Waals surface area contributed by atoms with Crippen molar-refractivity contribution in [2.75, 3.05) is 20.8 Å². The van der Waals surface area contributed by atoms with E-state index >= 15 is 0 Å². The van der Waals surface area contributed by atoms with E-state index in [2.05, 4.69) is 6.92 Å². The van der Waals surface area contributed by atoms with E-state index in [9.17, 15) is 4.79 Å². The van der Waals surface area contributed by atoms with Crippen LogP contribution in [0.25, 0.3) is 0 Å². The first kappa shape index (κ1) is 24.3. The maximum absolute atomic E-state index is 12.1. The minimum Gasteiger partial charge on any atom is -0.493 e. The van der Waals surface area contributed by atoms with Crippen LogP contribution in [-0.2, 0) is 9.78 Å². The third-order valence-electron chi connectivity index (χ3n) is 4.84. The maximum atomic E-state index is 12.1. The molecule has 5 heteroatoms. The number of unbranched alkanes of at least 4 members (excludes halogenated alkanes) is 11. The Kier molecular flexibility index (Phi) is 14.1. The van der Waals surface area contributed by atoms with Crippen LogP contribution in [0.5, 0.6) is 11.5 Å². The molecule has 0 aliphatic heterocycles. The number of hydrogen-bond donors (Lipinski definition) is 0. The van der Waals surface area contributed by atoms with Crippen molar-refractivity contribution in [3.8, 4) is 11.5 Å². The second-order valence-corrected chi connectivity index (χ2v) is 7.12. The standard InChI is InChI=1S/C23H38O5/c1-4-5-6-7-8-9-10-11-12-13-14-15-19-27-28-23(24)20-17-16-18-21(25-2)22(20)26-3/h16-18H,4-15,19H2,1-3H3. The van der Waals surface area contributed by atoms with Crippen LogP contribution in [0.2, 0.25) is 0 Å². The van der Waals surface area contributed by atoms with Gasteiger partial charge in [-0.1, -0.05) is 83.6 Å². The summed E-state index contributed by atoms with van der Waals surface area (Å²) in [6.45, 7) is 2.67. The molecule has 0 radical (unpaired) electrons. The Bertz CT molecular complexity index is 530. The molecule has 0 N–H and O–H groups in total. The monoisotopic (exact) mass is 394 g/mol. The highest BCUT2D eigenvalue weighted by Gasteiger charge is 2.18. The van der Waals surface area contributed by atoms with Gasteiger partial charge in [0.15, 0.2) is 11.5 Å². The van der Waals surface area contributed by atoms with Crippen LogP contribution in [-0.4, -0.2) is 26.8 Å². The maximum Gasteiger partial charge on any atom is 0.376 e. The molecule has 0 aliphatic rings. The smallest absolute Gasteiger partial charge is 0.376 e. The van der Waals surface area contributed by atoms with Gasteiger partial charge >= 0.3 is 5.97 Å². The number of rotatable bonds is 17. The first-order valence-corrected chi connectivity index (χ1v) is 10.8. The van der Waals surface area contributed by atoms with Crippen molar-refractivity contribution >= 4 is 5.97 Å². The summed E-state index contributed by atoms with van der Waals surface area (Å²) in [7, 11) is 3.01. The van der Waals surface area contributed by atoms with Gasteiger partial charge in [0.25, 0.3) is 0 Å². The van der Waals surface area contributed by atoms with Gasteiger partial charge in [0.2, 0.25) is 0 Å². The van der Waals surface area contributed by atoms with E-state index in [4.69, 9.17) is 19.2 Å². The van der Waals surface area contributed by atoms with Crippen LogP contribution < -0.4 is 9.47 Å². The molecule has 28 heavy (non-hydrogen) atoms. The zero-order chi connectivity index (χ0) is 20.5. The van der Waals surface area contributed by atoms with Crippen molar-refractivity contribution in [2.24, 2.45) is 0 Å².